The van der Waals surface area contributed by atoms with E-state index in [2.05, 4.69) is 10.6 Å². The van der Waals surface area contributed by atoms with Gasteiger partial charge in [-0.3, -0.25) is 5.32 Å². The maximum atomic E-state index is 13.4. The highest BCUT2D eigenvalue weighted by atomic mass is 32.2. The molecule has 0 aromatic carbocycles. The first-order valence-electron chi connectivity index (χ1n) is 9.63. The standard InChI is InChI=1S/C17H29F3N2O3S2/c1-27(23,24)13-6-4-11(5-7-13)14-9-21-15(17(18,19)20)16(22-14)25-10-12-3-2-8-26-12/h11-16,21-22H,2-10H2,1H3. The van der Waals surface area contributed by atoms with Crippen LogP contribution in [0.4, 0.5) is 13.2 Å². The number of alkyl halides is 3. The van der Waals surface area contributed by atoms with Gasteiger partial charge in [0.05, 0.1) is 11.9 Å². The lowest BCUT2D eigenvalue weighted by Gasteiger charge is -2.43. The molecule has 0 aromatic rings. The van der Waals surface area contributed by atoms with Gasteiger partial charge in [-0.05, 0) is 50.2 Å². The molecule has 0 spiro atoms. The lowest BCUT2D eigenvalue weighted by atomic mass is 9.82. The van der Waals surface area contributed by atoms with Crippen LogP contribution in [0, 0.1) is 5.92 Å². The summed E-state index contributed by atoms with van der Waals surface area (Å²) in [6.07, 6.45) is 0.430. The van der Waals surface area contributed by atoms with Crippen LogP contribution in [-0.4, -0.2) is 68.6 Å². The second-order valence-corrected chi connectivity index (χ2v) is 11.7. The Morgan fingerprint density at radius 1 is 1.15 bits per heavy atom. The first-order valence-corrected chi connectivity index (χ1v) is 12.6. The maximum Gasteiger partial charge on any atom is 0.407 e. The molecule has 3 fully saturated rings. The van der Waals surface area contributed by atoms with Crippen molar-refractivity contribution in [2.45, 2.75) is 73.5 Å². The van der Waals surface area contributed by atoms with E-state index in [-0.39, 0.29) is 29.0 Å². The normalized spacial score (nSPS) is 38.8. The molecule has 2 heterocycles. The Labute approximate surface area is 163 Å². The van der Waals surface area contributed by atoms with Crippen LogP contribution in [0.2, 0.25) is 0 Å². The molecule has 2 saturated heterocycles. The van der Waals surface area contributed by atoms with Gasteiger partial charge >= 0.3 is 6.18 Å². The molecule has 0 aromatic heterocycles. The van der Waals surface area contributed by atoms with Gasteiger partial charge in [0.15, 0.2) is 0 Å². The van der Waals surface area contributed by atoms with E-state index in [1.165, 1.54) is 6.26 Å². The fourth-order valence-electron chi connectivity index (χ4n) is 4.37. The van der Waals surface area contributed by atoms with E-state index in [4.69, 9.17) is 4.74 Å². The number of rotatable bonds is 5. The lowest BCUT2D eigenvalue weighted by Crippen LogP contribution is -2.68. The van der Waals surface area contributed by atoms with Crippen LogP contribution in [-0.2, 0) is 14.6 Å². The molecule has 3 rings (SSSR count). The molecule has 4 atom stereocenters. The van der Waals surface area contributed by atoms with E-state index in [9.17, 15) is 21.6 Å². The zero-order chi connectivity index (χ0) is 19.7. The number of ether oxygens (including phenoxy) is 1. The second kappa shape index (κ2) is 8.77. The van der Waals surface area contributed by atoms with Crippen LogP contribution in [0.15, 0.2) is 0 Å². The monoisotopic (exact) mass is 430 g/mol. The Bertz CT molecular complexity index is 589. The summed E-state index contributed by atoms with van der Waals surface area (Å²) in [4.78, 5) is 0. The summed E-state index contributed by atoms with van der Waals surface area (Å²) >= 11 is 1.76. The van der Waals surface area contributed by atoms with Crippen molar-refractivity contribution < 1.29 is 26.3 Å². The molecule has 4 unspecified atom stereocenters. The van der Waals surface area contributed by atoms with Crippen molar-refractivity contribution >= 4 is 21.6 Å². The molecule has 10 heteroatoms. The Hall–Kier alpha value is -0.0300. The summed E-state index contributed by atoms with van der Waals surface area (Å²) in [7, 11) is -3.05. The predicted octanol–water partition coefficient (Wildman–Crippen LogP) is 2.32. The molecule has 1 aliphatic carbocycles. The number of nitrogens with one attached hydrogen (secondary N) is 2. The molecule has 0 amide bonds. The van der Waals surface area contributed by atoms with Crippen LogP contribution in [0.3, 0.4) is 0 Å². The smallest absolute Gasteiger partial charge is 0.360 e. The Morgan fingerprint density at radius 3 is 2.41 bits per heavy atom. The van der Waals surface area contributed by atoms with E-state index in [0.717, 1.165) is 18.6 Å². The highest BCUT2D eigenvalue weighted by molar-refractivity contribution is 8.00. The fourth-order valence-corrected chi connectivity index (χ4v) is 6.67. The van der Waals surface area contributed by atoms with E-state index in [1.807, 2.05) is 0 Å². The van der Waals surface area contributed by atoms with Crippen molar-refractivity contribution in [2.75, 3.05) is 25.2 Å². The zero-order valence-electron chi connectivity index (χ0n) is 15.5. The quantitative estimate of drug-likeness (QED) is 0.698. The third-order valence-corrected chi connectivity index (χ3v) is 9.02. The number of thioether (sulfide) groups is 1. The van der Waals surface area contributed by atoms with E-state index in [1.54, 1.807) is 11.8 Å². The van der Waals surface area contributed by atoms with Crippen molar-refractivity contribution in [3.63, 3.8) is 0 Å². The molecule has 0 radical (unpaired) electrons. The molecule has 2 N–H and O–H groups in total. The summed E-state index contributed by atoms with van der Waals surface area (Å²) in [6, 6.07) is -1.85. The average Bonchev–Trinajstić information content (AvgIpc) is 3.12. The Kier molecular flexibility index (Phi) is 7.04. The van der Waals surface area contributed by atoms with Gasteiger partial charge in [-0.1, -0.05) is 0 Å². The molecule has 3 aliphatic rings. The summed E-state index contributed by atoms with van der Waals surface area (Å²) < 4.78 is 69.3. The molecular weight excluding hydrogens is 401 g/mol. The summed E-state index contributed by atoms with van der Waals surface area (Å²) in [6.45, 7) is 0.542. The summed E-state index contributed by atoms with van der Waals surface area (Å²) in [5.41, 5.74) is 0. The predicted molar refractivity (Wildman–Crippen MR) is 101 cm³/mol. The Balaban J connectivity index is 1.58. The molecule has 27 heavy (non-hydrogen) atoms. The van der Waals surface area contributed by atoms with Crippen molar-refractivity contribution in [3.05, 3.63) is 0 Å². The fraction of sp³-hybridized carbons (Fsp3) is 1.00. The van der Waals surface area contributed by atoms with Gasteiger partial charge in [-0.15, -0.1) is 0 Å². The van der Waals surface area contributed by atoms with Crippen LogP contribution >= 0.6 is 11.8 Å². The highest BCUT2D eigenvalue weighted by Gasteiger charge is 2.49. The second-order valence-electron chi connectivity index (χ2n) is 7.96. The van der Waals surface area contributed by atoms with Gasteiger partial charge < -0.3 is 10.1 Å². The van der Waals surface area contributed by atoms with Crippen molar-refractivity contribution in [3.8, 4) is 0 Å². The first kappa shape index (κ1) is 21.7. The van der Waals surface area contributed by atoms with Crippen molar-refractivity contribution in [1.82, 2.24) is 10.6 Å². The number of piperazine rings is 1. The minimum Gasteiger partial charge on any atom is -0.360 e. The Morgan fingerprint density at radius 2 is 1.85 bits per heavy atom. The molecule has 0 bridgehead atoms. The number of hydrogen-bond acceptors (Lipinski definition) is 6. The van der Waals surface area contributed by atoms with E-state index >= 15 is 0 Å². The summed E-state index contributed by atoms with van der Waals surface area (Å²) in [5, 5.41) is 5.68. The van der Waals surface area contributed by atoms with Crippen LogP contribution in [0.5, 0.6) is 0 Å². The van der Waals surface area contributed by atoms with Gasteiger partial charge in [0.2, 0.25) is 0 Å². The number of hydrogen-bond donors (Lipinski definition) is 2. The third kappa shape index (κ3) is 5.74. The average molecular weight is 431 g/mol. The van der Waals surface area contributed by atoms with Gasteiger partial charge in [0.25, 0.3) is 0 Å². The largest absolute Gasteiger partial charge is 0.407 e. The number of sulfone groups is 1. The molecule has 2 aliphatic heterocycles. The van der Waals surface area contributed by atoms with Gasteiger partial charge in [-0.25, -0.2) is 8.42 Å². The van der Waals surface area contributed by atoms with E-state index in [0.29, 0.717) is 32.3 Å². The third-order valence-electron chi connectivity index (χ3n) is 5.97. The minimum absolute atomic E-state index is 0.134. The highest BCUT2D eigenvalue weighted by Crippen LogP contribution is 2.34. The van der Waals surface area contributed by atoms with Crippen molar-refractivity contribution in [1.29, 1.82) is 0 Å². The molecule has 1 saturated carbocycles. The van der Waals surface area contributed by atoms with Crippen molar-refractivity contribution in [2.24, 2.45) is 5.92 Å². The SMILES string of the molecule is CS(=O)(=O)C1CCC(C2CNC(C(F)(F)F)C(OCC3CCCS3)N2)CC1. The molecule has 5 nitrogen and oxygen atoms in total. The molecule has 158 valence electrons. The summed E-state index contributed by atoms with van der Waals surface area (Å²) in [5.74, 6) is 1.20. The van der Waals surface area contributed by atoms with Crippen LogP contribution in [0.25, 0.3) is 0 Å². The zero-order valence-corrected chi connectivity index (χ0v) is 17.1. The van der Waals surface area contributed by atoms with Crippen LogP contribution in [0.1, 0.15) is 38.5 Å². The lowest BCUT2D eigenvalue weighted by molar-refractivity contribution is -0.199. The topological polar surface area (TPSA) is 67.4 Å². The minimum atomic E-state index is -4.38. The van der Waals surface area contributed by atoms with Crippen LogP contribution < -0.4 is 10.6 Å². The molecular formula is C17H29F3N2O3S2. The van der Waals surface area contributed by atoms with Gasteiger partial charge in [-0.2, -0.15) is 24.9 Å². The van der Waals surface area contributed by atoms with Gasteiger partial charge in [0, 0.05) is 24.1 Å². The van der Waals surface area contributed by atoms with E-state index < -0.39 is 28.3 Å². The maximum absolute atomic E-state index is 13.4. The first-order chi connectivity index (χ1) is 12.6. The van der Waals surface area contributed by atoms with Gasteiger partial charge in [0.1, 0.15) is 22.1 Å². The number of halogens is 3.